The van der Waals surface area contributed by atoms with Crippen LogP contribution in [0.4, 0.5) is 0 Å². The third-order valence-electron chi connectivity index (χ3n) is 4.70. The van der Waals surface area contributed by atoms with Crippen LogP contribution in [-0.4, -0.2) is 28.1 Å². The molecule has 130 valence electrons. The maximum Gasteiger partial charge on any atom is 0.303 e. The van der Waals surface area contributed by atoms with E-state index in [1.165, 1.54) is 0 Å². The molecule has 4 nitrogen and oxygen atoms in total. The number of rotatable bonds is 9. The summed E-state index contributed by atoms with van der Waals surface area (Å²) in [6.07, 6.45) is 7.99. The molecule has 4 heteroatoms. The van der Waals surface area contributed by atoms with Gasteiger partial charge in [-0.1, -0.05) is 61.7 Å². The van der Waals surface area contributed by atoms with E-state index in [-0.39, 0.29) is 30.5 Å². The lowest BCUT2D eigenvalue weighted by molar-refractivity contribution is -0.137. The monoisotopic (exact) mass is 330 g/mol. The van der Waals surface area contributed by atoms with Crippen LogP contribution in [0.1, 0.15) is 50.5 Å². The number of unbranched alkanes of at least 4 members (excludes halogenated alkanes) is 3. The average Bonchev–Trinajstić information content (AvgIpc) is 2.83. The predicted molar refractivity (Wildman–Crippen MR) is 93.4 cm³/mol. The fourth-order valence-electron chi connectivity index (χ4n) is 3.37. The van der Waals surface area contributed by atoms with Gasteiger partial charge in [0.1, 0.15) is 5.78 Å². The molecule has 1 aromatic rings. The minimum Gasteiger partial charge on any atom is -0.481 e. The molecule has 1 fully saturated rings. The van der Waals surface area contributed by atoms with Crippen molar-refractivity contribution in [3.63, 3.8) is 0 Å². The van der Waals surface area contributed by atoms with Gasteiger partial charge in [-0.2, -0.15) is 0 Å². The Bertz CT molecular complexity index is 564. The highest BCUT2D eigenvalue weighted by Crippen LogP contribution is 2.34. The summed E-state index contributed by atoms with van der Waals surface area (Å²) < 4.78 is 0. The molecule has 3 atom stereocenters. The Hall–Kier alpha value is -1.94. The molecule has 1 saturated carbocycles. The van der Waals surface area contributed by atoms with Crippen LogP contribution in [0.5, 0.6) is 0 Å². The van der Waals surface area contributed by atoms with Crippen LogP contribution in [0.3, 0.4) is 0 Å². The Morgan fingerprint density at radius 3 is 2.54 bits per heavy atom. The highest BCUT2D eigenvalue weighted by atomic mass is 16.4. The van der Waals surface area contributed by atoms with Crippen molar-refractivity contribution in [1.82, 2.24) is 0 Å². The molecule has 3 unspecified atom stereocenters. The second-order valence-electron chi connectivity index (χ2n) is 6.54. The van der Waals surface area contributed by atoms with Gasteiger partial charge in [0, 0.05) is 24.7 Å². The lowest BCUT2D eigenvalue weighted by atomic mass is 9.88. The molecular formula is C20H26O4. The number of hydrogen-bond donors (Lipinski definition) is 2. The van der Waals surface area contributed by atoms with E-state index in [0.717, 1.165) is 31.2 Å². The molecule has 0 saturated heterocycles. The van der Waals surface area contributed by atoms with E-state index >= 15 is 0 Å². The van der Waals surface area contributed by atoms with E-state index in [9.17, 15) is 14.7 Å². The maximum absolute atomic E-state index is 12.1. The number of carboxylic acid groups (broad SMARTS) is 1. The Morgan fingerprint density at radius 1 is 1.12 bits per heavy atom. The highest BCUT2D eigenvalue weighted by molar-refractivity contribution is 5.84. The summed E-state index contributed by atoms with van der Waals surface area (Å²) in [6.45, 7) is 0. The molecular weight excluding hydrogens is 304 g/mol. The van der Waals surface area contributed by atoms with Crippen molar-refractivity contribution in [3.8, 4) is 0 Å². The number of ketones is 1. The second kappa shape index (κ2) is 9.38. The molecule has 24 heavy (non-hydrogen) atoms. The minimum absolute atomic E-state index is 0.112. The fourth-order valence-corrected chi connectivity index (χ4v) is 3.37. The molecule has 2 N–H and O–H groups in total. The number of carbonyl (C=O) groups is 2. The number of Topliss-reactive ketones (excluding diaryl/α,β-unsaturated/α-hetero) is 1. The third kappa shape index (κ3) is 5.60. The Balaban J connectivity index is 1.83. The zero-order valence-electron chi connectivity index (χ0n) is 13.9. The molecule has 0 radical (unpaired) electrons. The summed E-state index contributed by atoms with van der Waals surface area (Å²) in [7, 11) is 0. The van der Waals surface area contributed by atoms with E-state index in [0.29, 0.717) is 6.42 Å². The number of aliphatic hydroxyl groups excluding tert-OH is 1. The summed E-state index contributed by atoms with van der Waals surface area (Å²) in [4.78, 5) is 22.6. The fraction of sp³-hybridized carbons (Fsp3) is 0.500. The lowest BCUT2D eigenvalue weighted by Gasteiger charge is -2.17. The van der Waals surface area contributed by atoms with Crippen LogP contribution in [0.25, 0.3) is 6.08 Å². The standard InChI is InChI=1S/C20H26O4/c21-18-14-19(22)17(13-12-15-8-4-3-5-9-15)16(18)10-6-1-2-7-11-20(23)24/h3-5,8-9,12-13,16-17,19,22H,1-2,6-7,10-11,14H2,(H,23,24)/b13-12+. The normalized spacial score (nSPS) is 23.9. The van der Waals surface area contributed by atoms with Crippen LogP contribution in [0.2, 0.25) is 0 Å². The van der Waals surface area contributed by atoms with Gasteiger partial charge in [0.2, 0.25) is 0 Å². The number of carbonyl (C=O) groups excluding carboxylic acids is 1. The van der Waals surface area contributed by atoms with Gasteiger partial charge in [0.25, 0.3) is 0 Å². The predicted octanol–water partition coefficient (Wildman–Crippen LogP) is 3.69. The summed E-state index contributed by atoms with van der Waals surface area (Å²) in [5, 5.41) is 18.8. The van der Waals surface area contributed by atoms with E-state index in [1.54, 1.807) is 0 Å². The van der Waals surface area contributed by atoms with Crippen LogP contribution in [0, 0.1) is 11.8 Å². The van der Waals surface area contributed by atoms with Crippen LogP contribution in [0.15, 0.2) is 36.4 Å². The van der Waals surface area contributed by atoms with E-state index < -0.39 is 12.1 Å². The zero-order valence-corrected chi connectivity index (χ0v) is 13.9. The third-order valence-corrected chi connectivity index (χ3v) is 4.70. The highest BCUT2D eigenvalue weighted by Gasteiger charge is 2.39. The Labute approximate surface area is 143 Å². The molecule has 0 aromatic heterocycles. The summed E-state index contributed by atoms with van der Waals surface area (Å²) >= 11 is 0. The first kappa shape index (κ1) is 18.4. The first-order valence-electron chi connectivity index (χ1n) is 8.74. The number of benzene rings is 1. The van der Waals surface area contributed by atoms with Crippen LogP contribution >= 0.6 is 0 Å². The SMILES string of the molecule is O=C(O)CCCCCCC1C(=O)CC(O)C1/C=C/c1ccccc1. The van der Waals surface area contributed by atoms with Gasteiger partial charge >= 0.3 is 5.97 Å². The van der Waals surface area contributed by atoms with Gasteiger partial charge in [-0.3, -0.25) is 9.59 Å². The maximum atomic E-state index is 12.1. The molecule has 0 aliphatic heterocycles. The quantitative estimate of drug-likeness (QED) is 0.677. The molecule has 1 aliphatic rings. The van der Waals surface area contributed by atoms with Gasteiger partial charge in [0.15, 0.2) is 0 Å². The molecule has 1 aromatic carbocycles. The lowest BCUT2D eigenvalue weighted by Crippen LogP contribution is -2.18. The van der Waals surface area contributed by atoms with Crippen molar-refractivity contribution in [1.29, 1.82) is 0 Å². The number of aliphatic carboxylic acids is 1. The van der Waals surface area contributed by atoms with Crippen molar-refractivity contribution in [2.24, 2.45) is 11.8 Å². The summed E-state index contributed by atoms with van der Waals surface area (Å²) in [5.74, 6) is -0.831. The molecule has 0 spiro atoms. The van der Waals surface area contributed by atoms with Crippen molar-refractivity contribution >= 4 is 17.8 Å². The first-order valence-corrected chi connectivity index (χ1v) is 8.74. The minimum atomic E-state index is -0.754. The van der Waals surface area contributed by atoms with Crippen LogP contribution in [-0.2, 0) is 9.59 Å². The van der Waals surface area contributed by atoms with Gasteiger partial charge in [-0.25, -0.2) is 0 Å². The van der Waals surface area contributed by atoms with Crippen LogP contribution < -0.4 is 0 Å². The van der Waals surface area contributed by atoms with Crippen molar-refractivity contribution < 1.29 is 19.8 Å². The topological polar surface area (TPSA) is 74.6 Å². The van der Waals surface area contributed by atoms with E-state index in [1.807, 2.05) is 42.5 Å². The largest absolute Gasteiger partial charge is 0.481 e. The Morgan fingerprint density at radius 2 is 1.83 bits per heavy atom. The second-order valence-corrected chi connectivity index (χ2v) is 6.54. The van der Waals surface area contributed by atoms with Gasteiger partial charge in [-0.15, -0.1) is 0 Å². The van der Waals surface area contributed by atoms with E-state index in [2.05, 4.69) is 0 Å². The first-order chi connectivity index (χ1) is 11.6. The van der Waals surface area contributed by atoms with Crippen molar-refractivity contribution in [2.75, 3.05) is 0 Å². The molecule has 1 aliphatic carbocycles. The van der Waals surface area contributed by atoms with Gasteiger partial charge in [0.05, 0.1) is 6.10 Å². The molecule has 0 bridgehead atoms. The number of hydrogen-bond acceptors (Lipinski definition) is 3. The van der Waals surface area contributed by atoms with Gasteiger partial charge < -0.3 is 10.2 Å². The summed E-state index contributed by atoms with van der Waals surface area (Å²) in [5.41, 5.74) is 1.07. The number of aliphatic hydroxyl groups is 1. The zero-order chi connectivity index (χ0) is 17.4. The van der Waals surface area contributed by atoms with Crippen molar-refractivity contribution in [2.45, 2.75) is 51.0 Å². The Kier molecular flexibility index (Phi) is 7.19. The smallest absolute Gasteiger partial charge is 0.303 e. The van der Waals surface area contributed by atoms with Gasteiger partial charge in [-0.05, 0) is 18.4 Å². The summed E-state index contributed by atoms with van der Waals surface area (Å²) in [6, 6.07) is 9.88. The van der Waals surface area contributed by atoms with Crippen molar-refractivity contribution in [3.05, 3.63) is 42.0 Å². The average molecular weight is 330 g/mol. The molecule has 0 amide bonds. The van der Waals surface area contributed by atoms with E-state index in [4.69, 9.17) is 5.11 Å². The molecule has 0 heterocycles. The molecule has 2 rings (SSSR count). The number of carboxylic acids is 1.